The van der Waals surface area contributed by atoms with Crippen LogP contribution < -0.4 is 10.9 Å². The summed E-state index contributed by atoms with van der Waals surface area (Å²) in [5, 5.41) is 1.57. The zero-order chi connectivity index (χ0) is 13.7. The monoisotopic (exact) mass is 290 g/mol. The van der Waals surface area contributed by atoms with Crippen molar-refractivity contribution in [3.63, 3.8) is 0 Å². The summed E-state index contributed by atoms with van der Waals surface area (Å²) in [7, 11) is 0. The lowest BCUT2D eigenvalue weighted by Crippen LogP contribution is -2.41. The molecule has 0 heterocycles. The summed E-state index contributed by atoms with van der Waals surface area (Å²) in [6.45, 7) is 2.65. The SMILES string of the molecule is CCCCB(c1ccc(Cl)cc1)c1ccc(Cl)cc1. The third-order valence-corrected chi connectivity index (χ3v) is 3.90. The second-order valence-corrected chi connectivity index (χ2v) is 5.67. The van der Waals surface area contributed by atoms with Crippen LogP contribution in [-0.4, -0.2) is 6.71 Å². The van der Waals surface area contributed by atoms with Crippen molar-refractivity contribution in [1.29, 1.82) is 0 Å². The first-order valence-corrected chi connectivity index (χ1v) is 7.47. The highest BCUT2D eigenvalue weighted by molar-refractivity contribution is 6.85. The second kappa shape index (κ2) is 7.02. The van der Waals surface area contributed by atoms with E-state index >= 15 is 0 Å². The number of hydrogen-bond acceptors (Lipinski definition) is 0. The minimum absolute atomic E-state index is 0.425. The summed E-state index contributed by atoms with van der Waals surface area (Å²) in [4.78, 5) is 0. The Labute approximate surface area is 125 Å². The van der Waals surface area contributed by atoms with E-state index in [-0.39, 0.29) is 0 Å². The lowest BCUT2D eigenvalue weighted by molar-refractivity contribution is 0.878. The molecule has 98 valence electrons. The molecule has 0 spiro atoms. The third kappa shape index (κ3) is 4.02. The largest absolute Gasteiger partial charge is 0.209 e. The van der Waals surface area contributed by atoms with Gasteiger partial charge < -0.3 is 0 Å². The average Bonchev–Trinajstić information content (AvgIpc) is 2.43. The van der Waals surface area contributed by atoms with Crippen LogP contribution in [0.1, 0.15) is 19.8 Å². The second-order valence-electron chi connectivity index (χ2n) is 4.80. The molecule has 0 unspecified atom stereocenters. The topological polar surface area (TPSA) is 0 Å². The summed E-state index contributed by atoms with van der Waals surface area (Å²) in [6.07, 6.45) is 3.58. The molecule has 0 amide bonds. The van der Waals surface area contributed by atoms with Crippen molar-refractivity contribution in [2.75, 3.05) is 0 Å². The zero-order valence-corrected chi connectivity index (χ0v) is 12.6. The van der Waals surface area contributed by atoms with Crippen molar-refractivity contribution in [3.05, 3.63) is 58.6 Å². The van der Waals surface area contributed by atoms with Crippen LogP contribution in [0, 0.1) is 0 Å². The van der Waals surface area contributed by atoms with Gasteiger partial charge in [-0.3, -0.25) is 0 Å². The van der Waals surface area contributed by atoms with Gasteiger partial charge in [0, 0.05) is 10.0 Å². The van der Waals surface area contributed by atoms with Gasteiger partial charge in [0.15, 0.2) is 0 Å². The molecule has 0 nitrogen and oxygen atoms in total. The first-order chi connectivity index (χ1) is 9.20. The summed E-state index contributed by atoms with van der Waals surface area (Å²) < 4.78 is 0. The maximum absolute atomic E-state index is 5.97. The quantitative estimate of drug-likeness (QED) is 0.716. The van der Waals surface area contributed by atoms with E-state index < -0.39 is 0 Å². The lowest BCUT2D eigenvalue weighted by Gasteiger charge is -2.14. The fourth-order valence-electron chi connectivity index (χ4n) is 2.32. The summed E-state index contributed by atoms with van der Waals surface area (Å²) in [5.41, 5.74) is 2.64. The van der Waals surface area contributed by atoms with Gasteiger partial charge in [-0.15, -0.1) is 0 Å². The molecule has 0 N–H and O–H groups in total. The van der Waals surface area contributed by atoms with Crippen molar-refractivity contribution in [1.82, 2.24) is 0 Å². The van der Waals surface area contributed by atoms with E-state index in [0.717, 1.165) is 16.4 Å². The van der Waals surface area contributed by atoms with Gasteiger partial charge in [0.2, 0.25) is 6.71 Å². The van der Waals surface area contributed by atoms with Gasteiger partial charge in [-0.05, 0) is 24.3 Å². The molecule has 0 atom stereocenters. The van der Waals surface area contributed by atoms with Gasteiger partial charge in [0.1, 0.15) is 0 Å². The number of halogens is 2. The van der Waals surface area contributed by atoms with Crippen LogP contribution >= 0.6 is 23.2 Å². The zero-order valence-electron chi connectivity index (χ0n) is 11.1. The van der Waals surface area contributed by atoms with Crippen LogP contribution in [0.4, 0.5) is 0 Å². The normalized spacial score (nSPS) is 10.5. The molecular weight excluding hydrogens is 274 g/mol. The number of benzene rings is 2. The predicted molar refractivity (Wildman–Crippen MR) is 87.6 cm³/mol. The molecule has 0 aliphatic carbocycles. The van der Waals surface area contributed by atoms with Crippen LogP contribution in [0.5, 0.6) is 0 Å². The summed E-state index contributed by atoms with van der Waals surface area (Å²) in [6, 6.07) is 16.3. The Bertz CT molecular complexity index is 460. The number of unbranched alkanes of at least 4 members (excludes halogenated alkanes) is 1. The molecule has 0 radical (unpaired) electrons. The van der Waals surface area contributed by atoms with E-state index in [1.807, 2.05) is 24.3 Å². The van der Waals surface area contributed by atoms with E-state index in [4.69, 9.17) is 23.2 Å². The molecule has 0 aromatic heterocycles. The van der Waals surface area contributed by atoms with Gasteiger partial charge >= 0.3 is 0 Å². The number of rotatable bonds is 5. The Balaban J connectivity index is 2.29. The Morgan fingerprint density at radius 3 is 1.58 bits per heavy atom. The fourth-order valence-corrected chi connectivity index (χ4v) is 2.58. The standard InChI is InChI=1S/C16H17BCl2/c1-2-3-12-17(13-4-8-15(18)9-5-13)14-6-10-16(19)11-7-14/h4-11H,2-3,12H2,1H3. The fraction of sp³-hybridized carbons (Fsp3) is 0.250. The Hall–Kier alpha value is -0.915. The van der Waals surface area contributed by atoms with E-state index in [0.29, 0.717) is 6.71 Å². The average molecular weight is 291 g/mol. The smallest absolute Gasteiger partial charge is 0.0843 e. The molecular formula is C16H17BCl2. The minimum Gasteiger partial charge on any atom is -0.0843 e. The maximum Gasteiger partial charge on any atom is 0.209 e. The van der Waals surface area contributed by atoms with Gasteiger partial charge in [0.05, 0.1) is 0 Å². The van der Waals surface area contributed by atoms with Gasteiger partial charge in [0.25, 0.3) is 0 Å². The molecule has 19 heavy (non-hydrogen) atoms. The summed E-state index contributed by atoms with van der Waals surface area (Å²) >= 11 is 11.9. The molecule has 0 saturated carbocycles. The van der Waals surface area contributed by atoms with Crippen LogP contribution in [0.25, 0.3) is 0 Å². The van der Waals surface area contributed by atoms with Crippen LogP contribution in [-0.2, 0) is 0 Å². The lowest BCUT2D eigenvalue weighted by atomic mass is 9.38. The molecule has 0 bridgehead atoms. The Morgan fingerprint density at radius 1 is 0.789 bits per heavy atom. The van der Waals surface area contributed by atoms with Gasteiger partial charge in [-0.25, -0.2) is 0 Å². The van der Waals surface area contributed by atoms with Crippen LogP contribution in [0.2, 0.25) is 16.4 Å². The summed E-state index contributed by atoms with van der Waals surface area (Å²) in [5.74, 6) is 0. The molecule has 3 heteroatoms. The highest BCUT2D eigenvalue weighted by Gasteiger charge is 2.18. The van der Waals surface area contributed by atoms with Crippen LogP contribution in [0.15, 0.2) is 48.5 Å². The maximum atomic E-state index is 5.97. The van der Waals surface area contributed by atoms with Crippen molar-refractivity contribution in [2.24, 2.45) is 0 Å². The molecule has 2 rings (SSSR count). The highest BCUT2D eigenvalue weighted by Crippen LogP contribution is 2.10. The molecule has 0 aliphatic rings. The number of hydrogen-bond donors (Lipinski definition) is 0. The van der Waals surface area contributed by atoms with Crippen molar-refractivity contribution in [2.45, 2.75) is 26.1 Å². The van der Waals surface area contributed by atoms with Gasteiger partial charge in [-0.2, -0.15) is 0 Å². The molecule has 0 aliphatic heterocycles. The Kier molecular flexibility index (Phi) is 5.36. The first kappa shape index (κ1) is 14.5. The molecule has 2 aromatic carbocycles. The highest BCUT2D eigenvalue weighted by atomic mass is 35.5. The van der Waals surface area contributed by atoms with Crippen LogP contribution in [0.3, 0.4) is 0 Å². The predicted octanol–water partition coefficient (Wildman–Crippen LogP) is 4.40. The molecule has 0 saturated heterocycles. The van der Waals surface area contributed by atoms with E-state index in [9.17, 15) is 0 Å². The van der Waals surface area contributed by atoms with Crippen molar-refractivity contribution >= 4 is 40.8 Å². The van der Waals surface area contributed by atoms with E-state index in [1.165, 1.54) is 23.8 Å². The third-order valence-electron chi connectivity index (χ3n) is 3.39. The van der Waals surface area contributed by atoms with Crippen molar-refractivity contribution in [3.8, 4) is 0 Å². The molecule has 0 fully saturated rings. The van der Waals surface area contributed by atoms with Gasteiger partial charge in [-0.1, -0.05) is 84.5 Å². The van der Waals surface area contributed by atoms with Crippen molar-refractivity contribution < 1.29 is 0 Å². The molecule has 2 aromatic rings. The van der Waals surface area contributed by atoms with E-state index in [1.54, 1.807) is 0 Å². The van der Waals surface area contributed by atoms with E-state index in [2.05, 4.69) is 31.2 Å². The Morgan fingerprint density at radius 2 is 1.21 bits per heavy atom. The minimum atomic E-state index is 0.425. The first-order valence-electron chi connectivity index (χ1n) is 6.71.